The molecular formula is C28H32N4O. The van der Waals surface area contributed by atoms with E-state index in [1.807, 2.05) is 48.5 Å². The Hall–Kier alpha value is -3.60. The van der Waals surface area contributed by atoms with Crippen molar-refractivity contribution >= 4 is 34.6 Å². The Morgan fingerprint density at radius 1 is 0.939 bits per heavy atom. The van der Waals surface area contributed by atoms with Crippen molar-refractivity contribution in [3.05, 3.63) is 72.3 Å². The first-order valence-corrected chi connectivity index (χ1v) is 11.6. The zero-order valence-corrected chi connectivity index (χ0v) is 19.8. The topological polar surface area (TPSA) is 61.0 Å². The smallest absolute Gasteiger partial charge is 0.205 e. The number of para-hydroxylation sites is 2. The minimum atomic E-state index is 0.526. The quantitative estimate of drug-likeness (QED) is 0.278. The van der Waals surface area contributed by atoms with Crippen molar-refractivity contribution in [1.82, 2.24) is 9.97 Å². The molecule has 4 aromatic rings. The van der Waals surface area contributed by atoms with Crippen LogP contribution in [0.2, 0.25) is 0 Å². The average molecular weight is 441 g/mol. The summed E-state index contributed by atoms with van der Waals surface area (Å²) in [6, 6.07) is 22.1. The molecule has 0 atom stereocenters. The molecule has 5 nitrogen and oxygen atoms in total. The maximum absolute atomic E-state index is 11.7. The predicted octanol–water partition coefficient (Wildman–Crippen LogP) is 6.90. The SMILES string of the molecule is CC(C)CN(CC(C)C)c1ccc(-c2ccccc2C=O)cc1Nc1nc2ccccc2[nH]1. The zero-order chi connectivity index (χ0) is 23.4. The van der Waals surface area contributed by atoms with Gasteiger partial charge in [0.15, 0.2) is 6.29 Å². The van der Waals surface area contributed by atoms with Crippen LogP contribution in [0.1, 0.15) is 38.1 Å². The molecule has 0 saturated heterocycles. The Balaban J connectivity index is 1.81. The van der Waals surface area contributed by atoms with E-state index >= 15 is 0 Å². The minimum absolute atomic E-state index is 0.526. The number of H-pyrrole nitrogens is 1. The van der Waals surface area contributed by atoms with Gasteiger partial charge in [0, 0.05) is 18.7 Å². The highest BCUT2D eigenvalue weighted by Crippen LogP contribution is 2.35. The van der Waals surface area contributed by atoms with Crippen LogP contribution in [0.15, 0.2) is 66.7 Å². The molecular weight excluding hydrogens is 408 g/mol. The van der Waals surface area contributed by atoms with Crippen molar-refractivity contribution in [2.24, 2.45) is 11.8 Å². The molecule has 1 heterocycles. The number of rotatable bonds is 9. The number of hydrogen-bond donors (Lipinski definition) is 2. The van der Waals surface area contributed by atoms with E-state index in [1.54, 1.807) is 0 Å². The van der Waals surface area contributed by atoms with Crippen LogP contribution in [0.4, 0.5) is 17.3 Å². The Morgan fingerprint density at radius 2 is 1.64 bits per heavy atom. The highest BCUT2D eigenvalue weighted by Gasteiger charge is 2.17. The summed E-state index contributed by atoms with van der Waals surface area (Å²) in [5.74, 6) is 1.75. The second-order valence-corrected chi connectivity index (χ2v) is 9.36. The first-order chi connectivity index (χ1) is 15.9. The molecule has 0 fully saturated rings. The molecule has 0 unspecified atom stereocenters. The molecule has 0 saturated carbocycles. The van der Waals surface area contributed by atoms with Crippen LogP contribution in [0.3, 0.4) is 0 Å². The van der Waals surface area contributed by atoms with Crippen LogP contribution in [0.25, 0.3) is 22.2 Å². The lowest BCUT2D eigenvalue weighted by molar-refractivity contribution is 0.112. The molecule has 0 aliphatic rings. The summed E-state index contributed by atoms with van der Waals surface area (Å²) in [4.78, 5) is 22.2. The summed E-state index contributed by atoms with van der Waals surface area (Å²) >= 11 is 0. The van der Waals surface area contributed by atoms with Crippen LogP contribution >= 0.6 is 0 Å². The van der Waals surface area contributed by atoms with Crippen LogP contribution in [0.5, 0.6) is 0 Å². The number of nitrogens with zero attached hydrogens (tertiary/aromatic N) is 2. The highest BCUT2D eigenvalue weighted by atomic mass is 16.1. The summed E-state index contributed by atoms with van der Waals surface area (Å²) < 4.78 is 0. The van der Waals surface area contributed by atoms with Crippen molar-refractivity contribution in [2.75, 3.05) is 23.3 Å². The molecule has 4 rings (SSSR count). The second kappa shape index (κ2) is 9.90. The fraction of sp³-hybridized carbons (Fsp3) is 0.286. The van der Waals surface area contributed by atoms with E-state index in [9.17, 15) is 4.79 Å². The molecule has 2 N–H and O–H groups in total. The van der Waals surface area contributed by atoms with Gasteiger partial charge in [-0.1, -0.05) is 70.2 Å². The maximum atomic E-state index is 11.7. The lowest BCUT2D eigenvalue weighted by atomic mass is 9.99. The average Bonchev–Trinajstić information content (AvgIpc) is 3.20. The Bertz CT molecular complexity index is 1200. The standard InChI is InChI=1S/C28H32N4O/c1-19(2)16-32(17-20(3)4)27-14-13-21(23-10-6-5-9-22(23)18-33)15-26(27)31-28-29-24-11-7-8-12-25(24)30-28/h5-15,18-20H,16-17H2,1-4H3,(H2,29,30,31). The number of aldehydes is 1. The normalized spacial score (nSPS) is 11.3. The first kappa shape index (κ1) is 22.6. The van der Waals surface area contributed by atoms with Gasteiger partial charge >= 0.3 is 0 Å². The van der Waals surface area contributed by atoms with Gasteiger partial charge in [-0.15, -0.1) is 0 Å². The fourth-order valence-electron chi connectivity index (χ4n) is 4.23. The molecule has 1 aromatic heterocycles. The van der Waals surface area contributed by atoms with Gasteiger partial charge < -0.3 is 15.2 Å². The van der Waals surface area contributed by atoms with E-state index in [1.165, 1.54) is 0 Å². The molecule has 5 heteroatoms. The number of carbonyl (C=O) groups excluding carboxylic acids is 1. The number of benzene rings is 3. The number of imidazole rings is 1. The predicted molar refractivity (Wildman–Crippen MR) is 139 cm³/mol. The van der Waals surface area contributed by atoms with Crippen molar-refractivity contribution in [3.8, 4) is 11.1 Å². The summed E-state index contributed by atoms with van der Waals surface area (Å²) in [6.07, 6.45) is 0.916. The van der Waals surface area contributed by atoms with Crippen LogP contribution in [0, 0.1) is 11.8 Å². The van der Waals surface area contributed by atoms with Crippen molar-refractivity contribution in [3.63, 3.8) is 0 Å². The van der Waals surface area contributed by atoms with E-state index < -0.39 is 0 Å². The van der Waals surface area contributed by atoms with E-state index in [-0.39, 0.29) is 0 Å². The molecule has 0 bridgehead atoms. The van der Waals surface area contributed by atoms with Gasteiger partial charge in [-0.3, -0.25) is 4.79 Å². The molecule has 0 spiro atoms. The molecule has 3 aromatic carbocycles. The Morgan fingerprint density at radius 3 is 2.33 bits per heavy atom. The zero-order valence-electron chi connectivity index (χ0n) is 19.8. The summed E-state index contributed by atoms with van der Waals surface area (Å²) in [7, 11) is 0. The van der Waals surface area contributed by atoms with Gasteiger partial charge in [-0.25, -0.2) is 4.98 Å². The summed E-state index contributed by atoms with van der Waals surface area (Å²) in [5.41, 5.74) is 6.61. The number of nitrogens with one attached hydrogen (secondary N) is 2. The maximum Gasteiger partial charge on any atom is 0.205 e. The van der Waals surface area contributed by atoms with E-state index in [0.29, 0.717) is 23.3 Å². The van der Waals surface area contributed by atoms with Gasteiger partial charge in [-0.2, -0.15) is 0 Å². The summed E-state index contributed by atoms with van der Waals surface area (Å²) in [6.45, 7) is 10.9. The number of fused-ring (bicyclic) bond motifs is 1. The van der Waals surface area contributed by atoms with E-state index in [0.717, 1.165) is 52.9 Å². The van der Waals surface area contributed by atoms with Crippen molar-refractivity contribution in [1.29, 1.82) is 0 Å². The number of aromatic amines is 1. The Labute approximate surface area is 195 Å². The van der Waals surface area contributed by atoms with Gasteiger partial charge in [0.25, 0.3) is 0 Å². The number of anilines is 3. The van der Waals surface area contributed by atoms with Gasteiger partial charge in [-0.05, 0) is 47.2 Å². The minimum Gasteiger partial charge on any atom is -0.369 e. The van der Waals surface area contributed by atoms with Crippen molar-refractivity contribution in [2.45, 2.75) is 27.7 Å². The third-order valence-corrected chi connectivity index (χ3v) is 5.55. The molecule has 0 aliphatic heterocycles. The van der Waals surface area contributed by atoms with E-state index in [2.05, 4.69) is 61.1 Å². The highest BCUT2D eigenvalue weighted by molar-refractivity contribution is 5.90. The molecule has 170 valence electrons. The van der Waals surface area contributed by atoms with Gasteiger partial charge in [0.1, 0.15) is 0 Å². The number of carbonyl (C=O) groups is 1. The molecule has 33 heavy (non-hydrogen) atoms. The second-order valence-electron chi connectivity index (χ2n) is 9.36. The molecule has 0 aliphatic carbocycles. The lowest BCUT2D eigenvalue weighted by Gasteiger charge is -2.30. The Kier molecular flexibility index (Phi) is 6.78. The third-order valence-electron chi connectivity index (χ3n) is 5.55. The summed E-state index contributed by atoms with van der Waals surface area (Å²) in [5, 5.41) is 3.54. The lowest BCUT2D eigenvalue weighted by Crippen LogP contribution is -2.31. The van der Waals surface area contributed by atoms with Crippen LogP contribution in [-0.2, 0) is 0 Å². The monoisotopic (exact) mass is 440 g/mol. The van der Waals surface area contributed by atoms with Gasteiger partial charge in [0.05, 0.1) is 22.4 Å². The fourth-order valence-corrected chi connectivity index (χ4v) is 4.23. The number of aromatic nitrogens is 2. The number of hydrogen-bond acceptors (Lipinski definition) is 4. The largest absolute Gasteiger partial charge is 0.369 e. The van der Waals surface area contributed by atoms with Crippen molar-refractivity contribution < 1.29 is 4.79 Å². The molecule has 0 amide bonds. The molecule has 0 radical (unpaired) electrons. The van der Waals surface area contributed by atoms with Gasteiger partial charge in [0.2, 0.25) is 5.95 Å². The first-order valence-electron chi connectivity index (χ1n) is 11.6. The van der Waals surface area contributed by atoms with Crippen LogP contribution in [-0.4, -0.2) is 29.3 Å². The third kappa shape index (κ3) is 5.25. The van der Waals surface area contributed by atoms with Crippen LogP contribution < -0.4 is 10.2 Å². The van der Waals surface area contributed by atoms with E-state index in [4.69, 9.17) is 4.98 Å².